The summed E-state index contributed by atoms with van der Waals surface area (Å²) in [6.45, 7) is 9.88. The Bertz CT molecular complexity index is 509. The first-order valence-electron chi connectivity index (χ1n) is 7.22. The number of thiazole rings is 1. The van der Waals surface area contributed by atoms with E-state index < -0.39 is 0 Å². The SMILES string of the molecule is CCNC(Cc1ccc(C(C)(C)C)cc1)c1cncs1. The molecule has 1 unspecified atom stereocenters. The summed E-state index contributed by atoms with van der Waals surface area (Å²) in [5.41, 5.74) is 4.89. The van der Waals surface area contributed by atoms with Crippen LogP contribution in [0.15, 0.2) is 36.0 Å². The van der Waals surface area contributed by atoms with E-state index in [4.69, 9.17) is 0 Å². The summed E-state index contributed by atoms with van der Waals surface area (Å²) in [7, 11) is 0. The Morgan fingerprint density at radius 1 is 1.20 bits per heavy atom. The average molecular weight is 288 g/mol. The molecule has 0 bridgehead atoms. The number of likely N-dealkylation sites (N-methyl/N-ethyl adjacent to an activating group) is 1. The Morgan fingerprint density at radius 3 is 2.40 bits per heavy atom. The van der Waals surface area contributed by atoms with Crippen molar-refractivity contribution in [2.24, 2.45) is 0 Å². The quantitative estimate of drug-likeness (QED) is 0.885. The molecule has 20 heavy (non-hydrogen) atoms. The predicted octanol–water partition coefficient (Wildman–Crippen LogP) is 4.33. The maximum Gasteiger partial charge on any atom is 0.0794 e. The third-order valence-electron chi connectivity index (χ3n) is 3.51. The summed E-state index contributed by atoms with van der Waals surface area (Å²) >= 11 is 1.72. The second-order valence-electron chi connectivity index (χ2n) is 6.17. The van der Waals surface area contributed by atoms with Crippen LogP contribution in [0.4, 0.5) is 0 Å². The summed E-state index contributed by atoms with van der Waals surface area (Å²) in [5, 5.41) is 3.55. The minimum atomic E-state index is 0.220. The van der Waals surface area contributed by atoms with Crippen molar-refractivity contribution in [1.29, 1.82) is 0 Å². The largest absolute Gasteiger partial charge is 0.309 e. The van der Waals surface area contributed by atoms with Gasteiger partial charge in [-0.2, -0.15) is 0 Å². The number of nitrogens with one attached hydrogen (secondary N) is 1. The first-order chi connectivity index (χ1) is 9.50. The molecule has 1 atom stereocenters. The van der Waals surface area contributed by atoms with Gasteiger partial charge in [0.25, 0.3) is 0 Å². The van der Waals surface area contributed by atoms with Crippen molar-refractivity contribution < 1.29 is 0 Å². The molecule has 0 spiro atoms. The molecule has 0 fully saturated rings. The second-order valence-corrected chi connectivity index (χ2v) is 7.08. The maximum atomic E-state index is 4.19. The molecule has 0 amide bonds. The van der Waals surface area contributed by atoms with Gasteiger partial charge in [-0.1, -0.05) is 52.0 Å². The van der Waals surface area contributed by atoms with Crippen LogP contribution in [0.5, 0.6) is 0 Å². The smallest absolute Gasteiger partial charge is 0.0794 e. The zero-order chi connectivity index (χ0) is 14.6. The molecule has 1 N–H and O–H groups in total. The van der Waals surface area contributed by atoms with E-state index in [1.807, 2.05) is 11.7 Å². The standard InChI is InChI=1S/C17H24N2S/c1-5-19-15(16-11-18-12-20-16)10-13-6-8-14(9-7-13)17(2,3)4/h6-9,11-12,15,19H,5,10H2,1-4H3. The molecular formula is C17H24N2S. The van der Waals surface area contributed by atoms with Gasteiger partial charge >= 0.3 is 0 Å². The summed E-state index contributed by atoms with van der Waals surface area (Å²) in [6, 6.07) is 9.39. The second kappa shape index (κ2) is 6.51. The topological polar surface area (TPSA) is 24.9 Å². The molecule has 3 heteroatoms. The molecule has 1 aromatic heterocycles. The summed E-state index contributed by atoms with van der Waals surface area (Å²) in [4.78, 5) is 5.50. The summed E-state index contributed by atoms with van der Waals surface area (Å²) in [6.07, 6.45) is 2.99. The van der Waals surface area contributed by atoms with Gasteiger partial charge in [0.1, 0.15) is 0 Å². The van der Waals surface area contributed by atoms with Crippen LogP contribution in [-0.2, 0) is 11.8 Å². The fourth-order valence-electron chi connectivity index (χ4n) is 2.29. The minimum Gasteiger partial charge on any atom is -0.309 e. The highest BCUT2D eigenvalue weighted by molar-refractivity contribution is 7.09. The molecule has 0 saturated heterocycles. The van der Waals surface area contributed by atoms with Crippen LogP contribution in [0.3, 0.4) is 0 Å². The maximum absolute atomic E-state index is 4.19. The third-order valence-corrected chi connectivity index (χ3v) is 4.39. The highest BCUT2D eigenvalue weighted by Gasteiger charge is 2.15. The minimum absolute atomic E-state index is 0.220. The van der Waals surface area contributed by atoms with Gasteiger partial charge in [-0.3, -0.25) is 4.98 Å². The predicted molar refractivity (Wildman–Crippen MR) is 87.4 cm³/mol. The van der Waals surface area contributed by atoms with E-state index in [0.717, 1.165) is 13.0 Å². The van der Waals surface area contributed by atoms with Gasteiger partial charge in [0.15, 0.2) is 0 Å². The fourth-order valence-corrected chi connectivity index (χ4v) is 2.99. The molecule has 0 aliphatic heterocycles. The van der Waals surface area contributed by atoms with Crippen molar-refractivity contribution in [2.45, 2.75) is 45.6 Å². The first-order valence-corrected chi connectivity index (χ1v) is 8.10. The lowest BCUT2D eigenvalue weighted by Crippen LogP contribution is -2.22. The lowest BCUT2D eigenvalue weighted by Gasteiger charge is -2.20. The van der Waals surface area contributed by atoms with Gasteiger partial charge in [0.05, 0.1) is 5.51 Å². The van der Waals surface area contributed by atoms with Crippen molar-refractivity contribution in [3.8, 4) is 0 Å². The molecular weight excluding hydrogens is 264 g/mol. The Morgan fingerprint density at radius 2 is 1.90 bits per heavy atom. The lowest BCUT2D eigenvalue weighted by atomic mass is 9.86. The molecule has 1 aromatic carbocycles. The van der Waals surface area contributed by atoms with Gasteiger partial charge in [-0.05, 0) is 29.5 Å². The number of aromatic nitrogens is 1. The lowest BCUT2D eigenvalue weighted by molar-refractivity contribution is 0.556. The van der Waals surface area contributed by atoms with Crippen LogP contribution in [0.2, 0.25) is 0 Å². The monoisotopic (exact) mass is 288 g/mol. The van der Waals surface area contributed by atoms with E-state index in [-0.39, 0.29) is 5.41 Å². The Kier molecular flexibility index (Phi) is 4.95. The van der Waals surface area contributed by atoms with Gasteiger partial charge < -0.3 is 5.32 Å². The average Bonchev–Trinajstić information content (AvgIpc) is 2.91. The molecule has 1 heterocycles. The number of hydrogen-bond donors (Lipinski definition) is 1. The molecule has 2 nitrogen and oxygen atoms in total. The van der Waals surface area contributed by atoms with E-state index in [9.17, 15) is 0 Å². The molecule has 108 valence electrons. The van der Waals surface area contributed by atoms with Crippen LogP contribution in [0, 0.1) is 0 Å². The van der Waals surface area contributed by atoms with Crippen LogP contribution in [-0.4, -0.2) is 11.5 Å². The zero-order valence-corrected chi connectivity index (χ0v) is 13.6. The summed E-state index contributed by atoms with van der Waals surface area (Å²) < 4.78 is 0. The van der Waals surface area contributed by atoms with E-state index in [0.29, 0.717) is 6.04 Å². The van der Waals surface area contributed by atoms with E-state index in [1.165, 1.54) is 16.0 Å². The Labute approximate surface area is 126 Å². The number of benzene rings is 1. The molecule has 0 saturated carbocycles. The molecule has 2 aromatic rings. The first kappa shape index (κ1) is 15.2. The van der Waals surface area contributed by atoms with Crippen LogP contribution >= 0.6 is 11.3 Å². The van der Waals surface area contributed by atoms with Crippen molar-refractivity contribution in [3.63, 3.8) is 0 Å². The van der Waals surface area contributed by atoms with Crippen LogP contribution in [0.25, 0.3) is 0 Å². The zero-order valence-electron chi connectivity index (χ0n) is 12.8. The Hall–Kier alpha value is -1.19. The molecule has 0 radical (unpaired) electrons. The van der Waals surface area contributed by atoms with Crippen molar-refractivity contribution in [1.82, 2.24) is 10.3 Å². The van der Waals surface area contributed by atoms with Crippen LogP contribution < -0.4 is 5.32 Å². The van der Waals surface area contributed by atoms with Gasteiger partial charge in [0.2, 0.25) is 0 Å². The molecule has 0 aliphatic rings. The van der Waals surface area contributed by atoms with E-state index in [2.05, 4.69) is 62.3 Å². The van der Waals surface area contributed by atoms with Gasteiger partial charge in [0, 0.05) is 17.1 Å². The van der Waals surface area contributed by atoms with Gasteiger partial charge in [-0.15, -0.1) is 11.3 Å². The normalized spacial score (nSPS) is 13.4. The Balaban J connectivity index is 2.11. The number of rotatable bonds is 5. The summed E-state index contributed by atoms with van der Waals surface area (Å²) in [5.74, 6) is 0. The third kappa shape index (κ3) is 3.90. The van der Waals surface area contributed by atoms with Gasteiger partial charge in [-0.25, -0.2) is 0 Å². The van der Waals surface area contributed by atoms with E-state index in [1.54, 1.807) is 11.3 Å². The highest BCUT2D eigenvalue weighted by Crippen LogP contribution is 2.25. The van der Waals surface area contributed by atoms with Crippen molar-refractivity contribution >= 4 is 11.3 Å². The fraction of sp³-hybridized carbons (Fsp3) is 0.471. The molecule has 0 aliphatic carbocycles. The van der Waals surface area contributed by atoms with Crippen molar-refractivity contribution in [2.75, 3.05) is 6.54 Å². The van der Waals surface area contributed by atoms with Crippen molar-refractivity contribution in [3.05, 3.63) is 52.0 Å². The van der Waals surface area contributed by atoms with Crippen LogP contribution in [0.1, 0.15) is 49.7 Å². The number of nitrogens with zero attached hydrogens (tertiary/aromatic N) is 1. The highest BCUT2D eigenvalue weighted by atomic mass is 32.1. The van der Waals surface area contributed by atoms with E-state index >= 15 is 0 Å². The molecule has 2 rings (SSSR count). The number of hydrogen-bond acceptors (Lipinski definition) is 3.